The topological polar surface area (TPSA) is 91.1 Å². The van der Waals surface area contributed by atoms with Crippen LogP contribution in [0, 0.1) is 0 Å². The van der Waals surface area contributed by atoms with E-state index in [2.05, 4.69) is 10.1 Å². The van der Waals surface area contributed by atoms with Crippen molar-refractivity contribution in [2.24, 2.45) is 0 Å². The van der Waals surface area contributed by atoms with Gasteiger partial charge >= 0.3 is 0 Å². The van der Waals surface area contributed by atoms with Crippen molar-refractivity contribution in [3.05, 3.63) is 54.4 Å². The summed E-state index contributed by atoms with van der Waals surface area (Å²) in [7, 11) is -3.48. The van der Waals surface area contributed by atoms with Gasteiger partial charge in [0.15, 0.2) is 5.65 Å². The van der Waals surface area contributed by atoms with Gasteiger partial charge in [-0.1, -0.05) is 43.2 Å². The first-order chi connectivity index (χ1) is 16.1. The van der Waals surface area contributed by atoms with E-state index < -0.39 is 10.2 Å². The van der Waals surface area contributed by atoms with Gasteiger partial charge in [-0.05, 0) is 18.9 Å². The van der Waals surface area contributed by atoms with E-state index in [-0.39, 0.29) is 5.91 Å². The van der Waals surface area contributed by atoms with Gasteiger partial charge in [-0.25, -0.2) is 9.50 Å². The number of hydrogen-bond acceptors (Lipinski definition) is 5. The standard InChI is InChI=1S/C23H28N6O3S/c30-23(20-18-25-29-21(10-11-24-22(20)29)19-8-4-3-5-9-19)26-14-16-28(17-15-26)33(31,32)27-12-6-1-2-7-13-27/h3-5,8-11,18H,1-2,6-7,12-17H2. The number of aromatic nitrogens is 3. The highest BCUT2D eigenvalue weighted by Gasteiger charge is 2.34. The molecule has 0 radical (unpaired) electrons. The molecule has 2 aromatic heterocycles. The molecule has 0 spiro atoms. The van der Waals surface area contributed by atoms with Crippen LogP contribution in [0.25, 0.3) is 16.9 Å². The Kier molecular flexibility index (Phi) is 6.13. The molecule has 33 heavy (non-hydrogen) atoms. The average Bonchev–Trinajstić information content (AvgIpc) is 3.09. The predicted octanol–water partition coefficient (Wildman–Crippen LogP) is 2.27. The second-order valence-electron chi connectivity index (χ2n) is 8.50. The molecule has 2 aliphatic heterocycles. The van der Waals surface area contributed by atoms with E-state index in [4.69, 9.17) is 0 Å². The highest BCUT2D eigenvalue weighted by Crippen LogP contribution is 2.23. The lowest BCUT2D eigenvalue weighted by atomic mass is 10.1. The minimum Gasteiger partial charge on any atom is -0.336 e. The number of rotatable bonds is 4. The third-order valence-electron chi connectivity index (χ3n) is 6.44. The quantitative estimate of drug-likeness (QED) is 0.586. The zero-order valence-electron chi connectivity index (χ0n) is 18.5. The molecule has 174 valence electrons. The van der Waals surface area contributed by atoms with Gasteiger partial charge in [0.05, 0.1) is 11.9 Å². The predicted molar refractivity (Wildman–Crippen MR) is 125 cm³/mol. The zero-order chi connectivity index (χ0) is 22.8. The monoisotopic (exact) mass is 468 g/mol. The fourth-order valence-electron chi connectivity index (χ4n) is 4.60. The summed E-state index contributed by atoms with van der Waals surface area (Å²) < 4.78 is 31.0. The summed E-state index contributed by atoms with van der Waals surface area (Å²) in [4.78, 5) is 19.4. The van der Waals surface area contributed by atoms with Crippen LogP contribution in [0.2, 0.25) is 0 Å². The Bertz CT molecular complexity index is 1230. The molecule has 0 N–H and O–H groups in total. The normalized spacial score (nSPS) is 19.0. The average molecular weight is 469 g/mol. The lowest BCUT2D eigenvalue weighted by Crippen LogP contribution is -2.54. The lowest BCUT2D eigenvalue weighted by molar-refractivity contribution is 0.0695. The maximum Gasteiger partial charge on any atom is 0.282 e. The molecular formula is C23H28N6O3S. The molecule has 2 aliphatic rings. The Morgan fingerprint density at radius 1 is 0.818 bits per heavy atom. The van der Waals surface area contributed by atoms with Crippen LogP contribution in [0.15, 0.2) is 48.8 Å². The number of carbonyl (C=O) groups excluding carboxylic acids is 1. The third-order valence-corrected chi connectivity index (χ3v) is 8.48. The van der Waals surface area contributed by atoms with Crippen LogP contribution >= 0.6 is 0 Å². The van der Waals surface area contributed by atoms with Gasteiger partial charge < -0.3 is 4.90 Å². The number of amides is 1. The van der Waals surface area contributed by atoms with Crippen molar-refractivity contribution in [2.45, 2.75) is 25.7 Å². The Morgan fingerprint density at radius 3 is 2.18 bits per heavy atom. The summed E-state index contributed by atoms with van der Waals surface area (Å²) in [6.07, 6.45) is 7.20. The summed E-state index contributed by atoms with van der Waals surface area (Å²) in [5.74, 6) is -0.172. The Morgan fingerprint density at radius 2 is 1.48 bits per heavy atom. The summed E-state index contributed by atoms with van der Waals surface area (Å²) in [6.45, 7) is 2.46. The molecule has 2 saturated heterocycles. The Labute approximate surface area is 193 Å². The van der Waals surface area contributed by atoms with E-state index in [1.165, 1.54) is 4.31 Å². The molecule has 4 heterocycles. The first-order valence-electron chi connectivity index (χ1n) is 11.5. The molecule has 0 atom stereocenters. The first-order valence-corrected chi connectivity index (χ1v) is 12.9. The molecule has 10 heteroatoms. The largest absolute Gasteiger partial charge is 0.336 e. The van der Waals surface area contributed by atoms with Gasteiger partial charge in [0.1, 0.15) is 5.56 Å². The van der Waals surface area contributed by atoms with Crippen molar-refractivity contribution in [1.82, 2.24) is 28.1 Å². The van der Waals surface area contributed by atoms with Crippen molar-refractivity contribution in [1.29, 1.82) is 0 Å². The summed E-state index contributed by atoms with van der Waals surface area (Å²) in [5.41, 5.74) is 2.77. The van der Waals surface area contributed by atoms with Gasteiger partial charge in [-0.2, -0.15) is 22.1 Å². The van der Waals surface area contributed by atoms with Crippen molar-refractivity contribution >= 4 is 21.8 Å². The molecule has 0 bridgehead atoms. The SMILES string of the molecule is O=C(c1cnn2c(-c3ccccc3)ccnc12)N1CCN(S(=O)(=O)N2CCCCCC2)CC1. The maximum atomic E-state index is 13.3. The molecule has 2 fully saturated rings. The molecule has 9 nitrogen and oxygen atoms in total. The molecule has 3 aromatic rings. The maximum absolute atomic E-state index is 13.3. The molecule has 1 amide bonds. The van der Waals surface area contributed by atoms with E-state index in [0.717, 1.165) is 36.9 Å². The molecule has 0 unspecified atom stereocenters. The van der Waals surface area contributed by atoms with Gasteiger partial charge in [-0.15, -0.1) is 0 Å². The smallest absolute Gasteiger partial charge is 0.282 e. The Balaban J connectivity index is 1.31. The van der Waals surface area contributed by atoms with E-state index in [1.807, 2.05) is 36.4 Å². The zero-order valence-corrected chi connectivity index (χ0v) is 19.3. The minimum absolute atomic E-state index is 0.172. The number of benzene rings is 1. The summed E-state index contributed by atoms with van der Waals surface area (Å²) in [5, 5.41) is 4.43. The van der Waals surface area contributed by atoms with Gasteiger partial charge in [-0.3, -0.25) is 4.79 Å². The van der Waals surface area contributed by atoms with Crippen molar-refractivity contribution in [2.75, 3.05) is 39.3 Å². The molecule has 0 aliphatic carbocycles. The van der Waals surface area contributed by atoms with Crippen molar-refractivity contribution in [3.63, 3.8) is 0 Å². The summed E-state index contributed by atoms with van der Waals surface area (Å²) in [6, 6.07) is 11.7. The third kappa shape index (κ3) is 4.25. The fourth-order valence-corrected chi connectivity index (χ4v) is 6.27. The van der Waals surface area contributed by atoms with Crippen LogP contribution in [0.4, 0.5) is 0 Å². The molecule has 1 aromatic carbocycles. The van der Waals surface area contributed by atoms with Crippen LogP contribution in [-0.4, -0.2) is 81.7 Å². The second-order valence-corrected chi connectivity index (χ2v) is 10.4. The van der Waals surface area contributed by atoms with E-state index in [9.17, 15) is 13.2 Å². The van der Waals surface area contributed by atoms with Crippen LogP contribution in [0.1, 0.15) is 36.0 Å². The van der Waals surface area contributed by atoms with Crippen LogP contribution < -0.4 is 0 Å². The number of hydrogen-bond donors (Lipinski definition) is 0. The van der Waals surface area contributed by atoms with Crippen molar-refractivity contribution in [3.8, 4) is 11.3 Å². The highest BCUT2D eigenvalue weighted by molar-refractivity contribution is 7.86. The molecule has 5 rings (SSSR count). The summed E-state index contributed by atoms with van der Waals surface area (Å²) >= 11 is 0. The fraction of sp³-hybridized carbons (Fsp3) is 0.435. The number of piperazine rings is 1. The van der Waals surface area contributed by atoms with Crippen LogP contribution in [0.3, 0.4) is 0 Å². The van der Waals surface area contributed by atoms with E-state index in [1.54, 1.807) is 26.1 Å². The Hall–Kier alpha value is -2.82. The number of nitrogens with zero attached hydrogens (tertiary/aromatic N) is 6. The van der Waals surface area contributed by atoms with E-state index in [0.29, 0.717) is 50.5 Å². The van der Waals surface area contributed by atoms with Crippen LogP contribution in [-0.2, 0) is 10.2 Å². The minimum atomic E-state index is -3.48. The number of carbonyl (C=O) groups is 1. The van der Waals surface area contributed by atoms with E-state index >= 15 is 0 Å². The van der Waals surface area contributed by atoms with Gasteiger partial charge in [0.25, 0.3) is 16.1 Å². The highest BCUT2D eigenvalue weighted by atomic mass is 32.2. The van der Waals surface area contributed by atoms with Gasteiger partial charge in [0.2, 0.25) is 0 Å². The second kappa shape index (κ2) is 9.20. The lowest BCUT2D eigenvalue weighted by Gasteiger charge is -2.36. The van der Waals surface area contributed by atoms with Crippen molar-refractivity contribution < 1.29 is 13.2 Å². The molecule has 0 saturated carbocycles. The van der Waals surface area contributed by atoms with Gasteiger partial charge in [0, 0.05) is 51.0 Å². The first kappa shape index (κ1) is 22.0. The number of fused-ring (bicyclic) bond motifs is 1. The van der Waals surface area contributed by atoms with Crippen LogP contribution in [0.5, 0.6) is 0 Å². The molecular weight excluding hydrogens is 440 g/mol.